The predicted molar refractivity (Wildman–Crippen MR) is 206 cm³/mol. The minimum Gasteiger partial charge on any atom is -0.344 e. The van der Waals surface area contributed by atoms with Crippen LogP contribution in [0.5, 0.6) is 0 Å². The molecule has 48 heavy (non-hydrogen) atoms. The lowest BCUT2D eigenvalue weighted by Crippen LogP contribution is -2.25. The molecule has 0 N–H and O–H groups in total. The molecule has 0 radical (unpaired) electrons. The number of allylic oxidation sites excluding steroid dienone is 7. The number of para-hydroxylation sites is 2. The quantitative estimate of drug-likeness (QED) is 0.195. The normalized spacial score (nSPS) is 19.4. The van der Waals surface area contributed by atoms with Crippen LogP contribution >= 0.6 is 23.2 Å². The van der Waals surface area contributed by atoms with E-state index in [9.17, 15) is 0 Å². The molecule has 0 amide bonds. The van der Waals surface area contributed by atoms with E-state index in [1.54, 1.807) is 0 Å². The summed E-state index contributed by atoms with van der Waals surface area (Å²) in [5.74, 6) is 0. The van der Waals surface area contributed by atoms with Gasteiger partial charge in [0, 0.05) is 50.2 Å². The topological polar surface area (TPSA) is 18.8 Å². The first kappa shape index (κ1) is 32.2. The fourth-order valence-electron chi connectivity index (χ4n) is 7.49. The van der Waals surface area contributed by atoms with Gasteiger partial charge in [0.05, 0.1) is 17.1 Å². The summed E-state index contributed by atoms with van der Waals surface area (Å²) in [7, 11) is 0. The summed E-state index contributed by atoms with van der Waals surface area (Å²) >= 11 is 12.9. The van der Waals surface area contributed by atoms with Crippen LogP contribution in [-0.4, -0.2) is 12.3 Å². The largest absolute Gasteiger partial charge is 0.344 e. The van der Waals surface area contributed by atoms with Crippen LogP contribution < -0.4 is 9.80 Å². The van der Waals surface area contributed by atoms with Gasteiger partial charge in [-0.2, -0.15) is 0 Å². The Kier molecular flexibility index (Phi) is 8.48. The Morgan fingerprint density at radius 1 is 0.729 bits per heavy atom. The summed E-state index contributed by atoms with van der Waals surface area (Å²) in [6, 6.07) is 33.7. The Morgan fingerprint density at radius 2 is 1.35 bits per heavy atom. The number of benzene rings is 4. The molecule has 2 aliphatic heterocycles. The van der Waals surface area contributed by atoms with Crippen molar-refractivity contribution < 1.29 is 0 Å². The lowest BCUT2D eigenvalue weighted by atomic mass is 9.81. The van der Waals surface area contributed by atoms with Gasteiger partial charge in [-0.15, -0.1) is 0 Å². The van der Waals surface area contributed by atoms with Gasteiger partial charge in [-0.25, -0.2) is 0 Å². The van der Waals surface area contributed by atoms with Crippen LogP contribution in [0.4, 0.5) is 22.7 Å². The molecular weight excluding hydrogens is 629 g/mol. The molecule has 242 valence electrons. The van der Waals surface area contributed by atoms with Crippen molar-refractivity contribution in [1.82, 2.24) is 0 Å². The van der Waals surface area contributed by atoms with Crippen LogP contribution in [0, 0.1) is 0 Å². The summed E-state index contributed by atoms with van der Waals surface area (Å²) in [5, 5.41) is 1.52. The zero-order valence-electron chi connectivity index (χ0n) is 28.3. The van der Waals surface area contributed by atoms with Crippen molar-refractivity contribution in [2.24, 2.45) is 4.99 Å². The second-order valence-corrected chi connectivity index (χ2v) is 14.6. The molecule has 1 aliphatic carbocycles. The van der Waals surface area contributed by atoms with Crippen molar-refractivity contribution in [3.8, 4) is 0 Å². The van der Waals surface area contributed by atoms with Gasteiger partial charge in [0.1, 0.15) is 0 Å². The van der Waals surface area contributed by atoms with Crippen molar-refractivity contribution in [2.75, 3.05) is 16.3 Å². The number of anilines is 3. The number of hydrogen-bond acceptors (Lipinski definition) is 3. The maximum Gasteiger partial charge on any atom is 0.0675 e. The Labute approximate surface area is 295 Å². The van der Waals surface area contributed by atoms with E-state index in [1.165, 1.54) is 39.4 Å². The number of fused-ring (bicyclic) bond motifs is 2. The monoisotopic (exact) mass is 669 g/mol. The van der Waals surface area contributed by atoms with E-state index in [-0.39, 0.29) is 10.8 Å². The third-order valence-corrected chi connectivity index (χ3v) is 10.6. The highest BCUT2D eigenvalue weighted by molar-refractivity contribution is 6.31. The summed E-state index contributed by atoms with van der Waals surface area (Å²) in [6.07, 6.45) is 11.1. The van der Waals surface area contributed by atoms with Gasteiger partial charge in [-0.1, -0.05) is 99.4 Å². The van der Waals surface area contributed by atoms with Crippen molar-refractivity contribution >= 4 is 51.7 Å². The smallest absolute Gasteiger partial charge is 0.0675 e. The molecule has 0 fully saturated rings. The summed E-state index contributed by atoms with van der Waals surface area (Å²) in [5.41, 5.74) is 12.6. The van der Waals surface area contributed by atoms with Crippen LogP contribution in [0.1, 0.15) is 58.6 Å². The van der Waals surface area contributed by atoms with Crippen molar-refractivity contribution in [1.29, 1.82) is 0 Å². The van der Waals surface area contributed by atoms with Gasteiger partial charge in [-0.3, -0.25) is 4.99 Å². The van der Waals surface area contributed by atoms with Gasteiger partial charge >= 0.3 is 0 Å². The number of aliphatic imine (C=N–C) groups is 1. The molecular formula is C43H41Cl2N3. The van der Waals surface area contributed by atoms with E-state index in [1.807, 2.05) is 18.2 Å². The Hall–Kier alpha value is -4.31. The van der Waals surface area contributed by atoms with Gasteiger partial charge < -0.3 is 9.80 Å². The molecule has 0 atom stereocenters. The second-order valence-electron chi connectivity index (χ2n) is 13.8. The molecule has 5 heteroatoms. The van der Waals surface area contributed by atoms with E-state index in [0.29, 0.717) is 0 Å². The fraction of sp³-hybridized carbons (Fsp3) is 0.233. The molecule has 7 rings (SSSR count). The minimum atomic E-state index is -0.243. The van der Waals surface area contributed by atoms with Gasteiger partial charge in [0.2, 0.25) is 0 Å². The van der Waals surface area contributed by atoms with Crippen LogP contribution in [0.15, 0.2) is 149 Å². The summed E-state index contributed by atoms with van der Waals surface area (Å²) < 4.78 is 0. The average molecular weight is 671 g/mol. The summed E-state index contributed by atoms with van der Waals surface area (Å²) in [4.78, 5) is 9.90. The molecule has 3 nitrogen and oxygen atoms in total. The predicted octanol–water partition coefficient (Wildman–Crippen LogP) is 12.4. The van der Waals surface area contributed by atoms with Gasteiger partial charge in [0.15, 0.2) is 0 Å². The van der Waals surface area contributed by atoms with Crippen LogP contribution in [0.25, 0.3) is 0 Å². The lowest BCUT2D eigenvalue weighted by Gasteiger charge is -2.29. The number of halogens is 2. The van der Waals surface area contributed by atoms with Crippen molar-refractivity contribution in [3.63, 3.8) is 0 Å². The van der Waals surface area contributed by atoms with Crippen LogP contribution in [0.3, 0.4) is 0 Å². The molecule has 0 unspecified atom stereocenters. The Morgan fingerprint density at radius 3 is 2.00 bits per heavy atom. The van der Waals surface area contributed by atoms with E-state index in [0.717, 1.165) is 52.2 Å². The first-order chi connectivity index (χ1) is 23.1. The highest BCUT2D eigenvalue weighted by Gasteiger charge is 2.39. The SMILES string of the molecule is CCN1/C(=C/C=C2\CCC(/C=C/C3=Nc4ccc(Cl)cc4C3(C)C)=C2N(c2ccccc2)c2ccccc2)C(C)(C)c2cc(Cl)ccc21. The Balaban J connectivity index is 1.37. The molecule has 0 saturated heterocycles. The zero-order chi connectivity index (χ0) is 33.6. The lowest BCUT2D eigenvalue weighted by molar-refractivity contribution is 0.634. The van der Waals surface area contributed by atoms with Gasteiger partial charge in [0.25, 0.3) is 0 Å². The molecule has 0 bridgehead atoms. The summed E-state index contributed by atoms with van der Waals surface area (Å²) in [6.45, 7) is 12.2. The average Bonchev–Trinajstić information content (AvgIpc) is 3.66. The van der Waals surface area contributed by atoms with E-state index in [4.69, 9.17) is 28.2 Å². The van der Waals surface area contributed by atoms with E-state index >= 15 is 0 Å². The number of hydrogen-bond donors (Lipinski definition) is 0. The number of rotatable bonds is 7. The molecule has 0 saturated carbocycles. The standard InChI is InChI=1S/C43H41Cl2N3/c1-6-47-38-24-22-32(45)28-36(38)43(4,5)40(47)26-20-30-18-17-29(19-25-39-42(2,3)35-27-31(44)21-23-37(35)46-39)41(30)48(33-13-9-7-10-14-33)34-15-11-8-12-16-34/h7-16,19-28H,6,17-18H2,1-5H3/b25-19+,30-20+,40-26+. The fourth-order valence-corrected chi connectivity index (χ4v) is 7.84. The third kappa shape index (κ3) is 5.63. The first-order valence-corrected chi connectivity index (χ1v) is 17.5. The van der Waals surface area contributed by atoms with Gasteiger partial charge in [-0.05, 0) is 115 Å². The van der Waals surface area contributed by atoms with E-state index in [2.05, 4.69) is 148 Å². The highest BCUT2D eigenvalue weighted by Crippen LogP contribution is 2.49. The highest BCUT2D eigenvalue weighted by atomic mass is 35.5. The van der Waals surface area contributed by atoms with Crippen molar-refractivity contribution in [2.45, 2.75) is 58.3 Å². The molecule has 3 aliphatic rings. The molecule has 0 spiro atoms. The zero-order valence-corrected chi connectivity index (χ0v) is 29.8. The maximum absolute atomic E-state index is 6.50. The van der Waals surface area contributed by atoms with Crippen molar-refractivity contribution in [3.05, 3.63) is 165 Å². The van der Waals surface area contributed by atoms with E-state index < -0.39 is 0 Å². The molecule has 0 aromatic heterocycles. The number of nitrogens with zero attached hydrogens (tertiary/aromatic N) is 3. The Bertz CT molecular complexity index is 1990. The van der Waals surface area contributed by atoms with Crippen LogP contribution in [0.2, 0.25) is 10.0 Å². The first-order valence-electron chi connectivity index (χ1n) is 16.8. The molecule has 4 aromatic rings. The third-order valence-electron chi connectivity index (χ3n) is 10.1. The molecule has 4 aromatic carbocycles. The minimum absolute atomic E-state index is 0.179. The molecule has 2 heterocycles. The number of likely N-dealkylation sites (N-methyl/N-ethyl adjacent to an activating group) is 1. The van der Waals surface area contributed by atoms with Crippen LogP contribution in [-0.2, 0) is 10.8 Å². The second kappa shape index (κ2) is 12.6. The maximum atomic E-state index is 6.50.